The zero-order chi connectivity index (χ0) is 16.0. The molecule has 120 valence electrons. The molecule has 0 amide bonds. The van der Waals surface area contributed by atoms with Crippen LogP contribution in [0, 0.1) is 5.41 Å². The van der Waals surface area contributed by atoms with Crippen molar-refractivity contribution in [3.8, 4) is 17.2 Å². The van der Waals surface area contributed by atoms with Crippen LogP contribution in [0.2, 0.25) is 0 Å². The maximum Gasteiger partial charge on any atom is 0.200 e. The molecular weight excluding hydrogens is 270 g/mol. The third-order valence-electron chi connectivity index (χ3n) is 3.56. The van der Waals surface area contributed by atoms with Crippen molar-refractivity contribution in [2.75, 3.05) is 20.8 Å². The summed E-state index contributed by atoms with van der Waals surface area (Å²) in [5.41, 5.74) is 1.00. The maximum atomic E-state index is 9.90. The van der Waals surface area contributed by atoms with E-state index in [2.05, 4.69) is 26.1 Å². The number of aromatic hydroxyl groups is 1. The van der Waals surface area contributed by atoms with Gasteiger partial charge in [0, 0.05) is 19.2 Å². The number of hydrogen-bond acceptors (Lipinski definition) is 5. The fraction of sp³-hybridized carbons (Fsp3) is 0.625. The quantitative estimate of drug-likeness (QED) is 0.720. The van der Waals surface area contributed by atoms with Crippen molar-refractivity contribution in [1.29, 1.82) is 0 Å². The Hall–Kier alpha value is -1.46. The Bertz CT molecular complexity index is 429. The fourth-order valence-corrected chi connectivity index (χ4v) is 2.26. The first-order valence-electron chi connectivity index (χ1n) is 7.11. The largest absolute Gasteiger partial charge is 0.502 e. The summed E-state index contributed by atoms with van der Waals surface area (Å²) >= 11 is 0. The van der Waals surface area contributed by atoms with Crippen LogP contribution in [0.4, 0.5) is 0 Å². The molecule has 1 rings (SSSR count). The minimum atomic E-state index is 0.00600. The zero-order valence-electron chi connectivity index (χ0n) is 13.6. The number of rotatable bonds is 7. The second kappa shape index (κ2) is 7.52. The summed E-state index contributed by atoms with van der Waals surface area (Å²) in [5.74, 6) is 0.785. The second-order valence-corrected chi connectivity index (χ2v) is 6.16. The highest BCUT2D eigenvalue weighted by Crippen LogP contribution is 2.37. The molecule has 0 spiro atoms. The molecule has 1 atom stereocenters. The molecule has 0 fully saturated rings. The van der Waals surface area contributed by atoms with Gasteiger partial charge >= 0.3 is 0 Å². The molecule has 5 nitrogen and oxygen atoms in total. The molecule has 0 radical (unpaired) electrons. The molecule has 1 aromatic carbocycles. The molecule has 0 aliphatic heterocycles. The standard InChI is InChI=1S/C16H27NO4/c1-16(2,3)14(6-7-18)17-10-11-8-12(20-4)15(19)13(9-11)21-5/h8-9,14,17-19H,6-7,10H2,1-5H3. The third-order valence-corrected chi connectivity index (χ3v) is 3.56. The van der Waals surface area contributed by atoms with E-state index in [4.69, 9.17) is 9.47 Å². The van der Waals surface area contributed by atoms with Crippen LogP contribution in [0.3, 0.4) is 0 Å². The van der Waals surface area contributed by atoms with Gasteiger partial charge in [0.05, 0.1) is 14.2 Å². The lowest BCUT2D eigenvalue weighted by Gasteiger charge is -2.31. The van der Waals surface area contributed by atoms with Gasteiger partial charge in [0.15, 0.2) is 11.5 Å². The summed E-state index contributed by atoms with van der Waals surface area (Å²) in [7, 11) is 3.02. The van der Waals surface area contributed by atoms with Crippen molar-refractivity contribution in [2.24, 2.45) is 5.41 Å². The topological polar surface area (TPSA) is 71.0 Å². The molecule has 0 aliphatic carbocycles. The van der Waals surface area contributed by atoms with Gasteiger partial charge in [-0.2, -0.15) is 0 Å². The van der Waals surface area contributed by atoms with Crippen LogP contribution in [-0.4, -0.2) is 37.1 Å². The Morgan fingerprint density at radius 2 is 1.67 bits per heavy atom. The molecule has 1 unspecified atom stereocenters. The van der Waals surface area contributed by atoms with Gasteiger partial charge in [-0.3, -0.25) is 0 Å². The fourth-order valence-electron chi connectivity index (χ4n) is 2.26. The number of phenolic OH excluding ortho intramolecular Hbond substituents is 1. The molecule has 0 aromatic heterocycles. The van der Waals surface area contributed by atoms with Crippen LogP contribution in [-0.2, 0) is 6.54 Å². The number of hydrogen-bond donors (Lipinski definition) is 3. The van der Waals surface area contributed by atoms with Crippen LogP contribution in [0.5, 0.6) is 17.2 Å². The molecule has 1 aromatic rings. The van der Waals surface area contributed by atoms with Crippen molar-refractivity contribution in [3.63, 3.8) is 0 Å². The Kier molecular flexibility index (Phi) is 6.30. The van der Waals surface area contributed by atoms with Crippen molar-refractivity contribution in [2.45, 2.75) is 39.8 Å². The van der Waals surface area contributed by atoms with E-state index in [0.29, 0.717) is 24.5 Å². The van der Waals surface area contributed by atoms with Crippen LogP contribution < -0.4 is 14.8 Å². The highest BCUT2D eigenvalue weighted by Gasteiger charge is 2.23. The monoisotopic (exact) mass is 297 g/mol. The third kappa shape index (κ3) is 4.79. The first kappa shape index (κ1) is 17.6. The highest BCUT2D eigenvalue weighted by molar-refractivity contribution is 5.52. The summed E-state index contributed by atoms with van der Waals surface area (Å²) < 4.78 is 10.3. The minimum absolute atomic E-state index is 0.00600. The molecule has 0 saturated heterocycles. The number of methoxy groups -OCH3 is 2. The van der Waals surface area contributed by atoms with Gasteiger partial charge in [-0.25, -0.2) is 0 Å². The number of phenols is 1. The van der Waals surface area contributed by atoms with Crippen molar-refractivity contribution >= 4 is 0 Å². The molecular formula is C16H27NO4. The van der Waals surface area contributed by atoms with Crippen molar-refractivity contribution < 1.29 is 19.7 Å². The average Bonchev–Trinajstić information content (AvgIpc) is 2.43. The Morgan fingerprint density at radius 3 is 2.05 bits per heavy atom. The van der Waals surface area contributed by atoms with Crippen LogP contribution in [0.25, 0.3) is 0 Å². The molecule has 0 aliphatic rings. The van der Waals surface area contributed by atoms with Crippen molar-refractivity contribution in [3.05, 3.63) is 17.7 Å². The lowest BCUT2D eigenvalue weighted by atomic mass is 9.85. The Balaban J connectivity index is 2.87. The van der Waals surface area contributed by atoms with Crippen molar-refractivity contribution in [1.82, 2.24) is 5.32 Å². The summed E-state index contributed by atoms with van der Waals surface area (Å²) in [4.78, 5) is 0. The first-order chi connectivity index (χ1) is 9.83. The van der Waals surface area contributed by atoms with E-state index in [1.54, 1.807) is 12.1 Å². The van der Waals surface area contributed by atoms with E-state index < -0.39 is 0 Å². The van der Waals surface area contributed by atoms with E-state index in [1.165, 1.54) is 14.2 Å². The van der Waals surface area contributed by atoms with Gasteiger partial charge in [0.25, 0.3) is 0 Å². The molecule has 0 saturated carbocycles. The van der Waals surface area contributed by atoms with Crippen LogP contribution >= 0.6 is 0 Å². The lowest BCUT2D eigenvalue weighted by Crippen LogP contribution is -2.40. The van der Waals surface area contributed by atoms with E-state index >= 15 is 0 Å². The molecule has 0 bridgehead atoms. The first-order valence-corrected chi connectivity index (χ1v) is 7.11. The number of aliphatic hydroxyl groups is 1. The van der Waals surface area contributed by atoms with E-state index in [9.17, 15) is 10.2 Å². The van der Waals surface area contributed by atoms with Crippen LogP contribution in [0.1, 0.15) is 32.8 Å². The van der Waals surface area contributed by atoms with E-state index in [-0.39, 0.29) is 23.8 Å². The number of aliphatic hydroxyl groups excluding tert-OH is 1. The van der Waals surface area contributed by atoms with E-state index in [1.807, 2.05) is 0 Å². The SMILES string of the molecule is COc1cc(CNC(CCO)C(C)(C)C)cc(OC)c1O. The highest BCUT2D eigenvalue weighted by atomic mass is 16.5. The second-order valence-electron chi connectivity index (χ2n) is 6.16. The smallest absolute Gasteiger partial charge is 0.200 e. The predicted molar refractivity (Wildman–Crippen MR) is 83.0 cm³/mol. The number of nitrogens with one attached hydrogen (secondary N) is 1. The summed E-state index contributed by atoms with van der Waals surface area (Å²) in [6.45, 7) is 7.17. The minimum Gasteiger partial charge on any atom is -0.502 e. The normalized spacial score (nSPS) is 13.0. The summed E-state index contributed by atoms with van der Waals surface area (Å²) in [6, 6.07) is 3.75. The van der Waals surface area contributed by atoms with E-state index in [0.717, 1.165) is 5.56 Å². The summed E-state index contributed by atoms with van der Waals surface area (Å²) in [6.07, 6.45) is 0.690. The van der Waals surface area contributed by atoms with Gasteiger partial charge in [0.2, 0.25) is 5.75 Å². The molecule has 3 N–H and O–H groups in total. The number of benzene rings is 1. The molecule has 5 heteroatoms. The number of ether oxygens (including phenoxy) is 2. The van der Waals surface area contributed by atoms with Gasteiger partial charge in [-0.05, 0) is 29.5 Å². The molecule has 21 heavy (non-hydrogen) atoms. The molecule has 0 heterocycles. The van der Waals surface area contributed by atoms with Crippen LogP contribution in [0.15, 0.2) is 12.1 Å². The van der Waals surface area contributed by atoms with Gasteiger partial charge in [-0.1, -0.05) is 20.8 Å². The Labute approximate surface area is 126 Å². The zero-order valence-corrected chi connectivity index (χ0v) is 13.6. The Morgan fingerprint density at radius 1 is 1.14 bits per heavy atom. The maximum absolute atomic E-state index is 9.90. The van der Waals surface area contributed by atoms with Gasteiger partial charge < -0.3 is 25.0 Å². The van der Waals surface area contributed by atoms with Gasteiger partial charge in [0.1, 0.15) is 0 Å². The average molecular weight is 297 g/mol. The van der Waals surface area contributed by atoms with Gasteiger partial charge in [-0.15, -0.1) is 0 Å². The summed E-state index contributed by atoms with van der Waals surface area (Å²) in [5, 5.41) is 22.5. The predicted octanol–water partition coefficient (Wildman–Crippen LogP) is 2.30. The lowest BCUT2D eigenvalue weighted by molar-refractivity contribution is 0.196.